The van der Waals surface area contributed by atoms with Crippen molar-refractivity contribution in [3.8, 4) is 11.5 Å². The average Bonchev–Trinajstić information content (AvgIpc) is 2.66. The van der Waals surface area contributed by atoms with E-state index >= 15 is 0 Å². The number of fused-ring (bicyclic) bond motifs is 2. The standard InChI is InChI=1S/C20H22N2O4/c23-17-13-21-11-15-5-1-3-7-19(15)25-9-10-26-20-8-4-2-6-16(20)12-22-14-18(17)24/h1-8,11-12,17-18,23-24H,9-10,13-14H2/t17-,18-/m0/s1. The Bertz CT molecular complexity index is 710. The molecule has 0 spiro atoms. The lowest BCUT2D eigenvalue weighted by Crippen LogP contribution is -2.31. The molecule has 2 aromatic carbocycles. The summed E-state index contributed by atoms with van der Waals surface area (Å²) < 4.78 is 11.6. The van der Waals surface area contributed by atoms with Crippen molar-refractivity contribution in [2.24, 2.45) is 9.98 Å². The summed E-state index contributed by atoms with van der Waals surface area (Å²) in [4.78, 5) is 8.42. The predicted molar refractivity (Wildman–Crippen MR) is 101 cm³/mol. The summed E-state index contributed by atoms with van der Waals surface area (Å²) >= 11 is 0. The average molecular weight is 354 g/mol. The molecule has 2 atom stereocenters. The number of para-hydroxylation sites is 2. The molecule has 1 heterocycles. The molecule has 0 amide bonds. The fourth-order valence-corrected chi connectivity index (χ4v) is 2.50. The molecule has 6 heteroatoms. The molecule has 1 aliphatic rings. The van der Waals surface area contributed by atoms with Gasteiger partial charge in [-0.25, -0.2) is 0 Å². The van der Waals surface area contributed by atoms with Gasteiger partial charge in [0.15, 0.2) is 0 Å². The molecular formula is C20H22N2O4. The molecule has 136 valence electrons. The van der Waals surface area contributed by atoms with E-state index in [1.807, 2.05) is 48.5 Å². The van der Waals surface area contributed by atoms with Gasteiger partial charge in [-0.05, 0) is 24.3 Å². The molecule has 0 unspecified atom stereocenters. The van der Waals surface area contributed by atoms with Gasteiger partial charge in [-0.15, -0.1) is 0 Å². The Labute approximate surface area is 152 Å². The maximum absolute atomic E-state index is 10.0. The SMILES string of the molecule is O[C@H]1CN=Cc2ccccc2OCCOc2ccccc2C=NC[C@@H]1O. The smallest absolute Gasteiger partial charge is 0.128 e. The minimum atomic E-state index is -0.990. The second-order valence-corrected chi connectivity index (χ2v) is 5.90. The summed E-state index contributed by atoms with van der Waals surface area (Å²) in [6.07, 6.45) is 1.29. The van der Waals surface area contributed by atoms with E-state index in [-0.39, 0.29) is 13.1 Å². The number of hydrogen-bond donors (Lipinski definition) is 2. The van der Waals surface area contributed by atoms with E-state index in [2.05, 4.69) is 9.98 Å². The first kappa shape index (κ1) is 18.1. The molecule has 0 aliphatic carbocycles. The molecule has 2 aromatic rings. The van der Waals surface area contributed by atoms with E-state index in [9.17, 15) is 10.2 Å². The van der Waals surface area contributed by atoms with E-state index in [1.165, 1.54) is 0 Å². The van der Waals surface area contributed by atoms with Gasteiger partial charge in [0, 0.05) is 23.6 Å². The summed E-state index contributed by atoms with van der Waals surface area (Å²) in [5.41, 5.74) is 1.61. The Balaban J connectivity index is 1.82. The van der Waals surface area contributed by atoms with Crippen molar-refractivity contribution in [1.82, 2.24) is 0 Å². The van der Waals surface area contributed by atoms with Crippen molar-refractivity contribution in [1.29, 1.82) is 0 Å². The Morgan fingerprint density at radius 1 is 0.692 bits per heavy atom. The van der Waals surface area contributed by atoms with Crippen LogP contribution in [0.3, 0.4) is 0 Å². The summed E-state index contributed by atoms with van der Waals surface area (Å²) in [5.74, 6) is 1.38. The van der Waals surface area contributed by atoms with Crippen molar-refractivity contribution in [2.45, 2.75) is 12.2 Å². The van der Waals surface area contributed by atoms with Gasteiger partial charge in [0.1, 0.15) is 36.9 Å². The Kier molecular flexibility index (Phi) is 6.35. The van der Waals surface area contributed by atoms with Crippen molar-refractivity contribution in [3.05, 3.63) is 59.7 Å². The van der Waals surface area contributed by atoms with Crippen LogP contribution in [0.25, 0.3) is 0 Å². The van der Waals surface area contributed by atoms with Crippen LogP contribution in [0.5, 0.6) is 11.5 Å². The van der Waals surface area contributed by atoms with Crippen molar-refractivity contribution < 1.29 is 19.7 Å². The van der Waals surface area contributed by atoms with Crippen molar-refractivity contribution in [2.75, 3.05) is 26.3 Å². The molecule has 0 aromatic heterocycles. The quantitative estimate of drug-likeness (QED) is 0.755. The van der Waals surface area contributed by atoms with Crippen molar-refractivity contribution >= 4 is 12.4 Å². The van der Waals surface area contributed by atoms with Gasteiger partial charge in [-0.2, -0.15) is 0 Å². The lowest BCUT2D eigenvalue weighted by Gasteiger charge is -2.15. The minimum absolute atomic E-state index is 0.0880. The second kappa shape index (κ2) is 9.12. The molecule has 6 nitrogen and oxygen atoms in total. The topological polar surface area (TPSA) is 83.6 Å². The zero-order valence-corrected chi connectivity index (χ0v) is 14.4. The molecule has 2 N–H and O–H groups in total. The molecule has 0 saturated carbocycles. The number of rotatable bonds is 0. The van der Waals surface area contributed by atoms with Gasteiger partial charge in [-0.1, -0.05) is 24.3 Å². The fraction of sp³-hybridized carbons (Fsp3) is 0.300. The largest absolute Gasteiger partial charge is 0.489 e. The number of hydrogen-bond acceptors (Lipinski definition) is 6. The van der Waals surface area contributed by atoms with Crippen LogP contribution in [0.15, 0.2) is 58.5 Å². The number of aliphatic imine (C=N–C) groups is 2. The van der Waals surface area contributed by atoms with Crippen LogP contribution in [0.2, 0.25) is 0 Å². The summed E-state index contributed by atoms with van der Waals surface area (Å²) in [7, 11) is 0. The minimum Gasteiger partial charge on any atom is -0.489 e. The first-order valence-corrected chi connectivity index (χ1v) is 8.53. The van der Waals surface area contributed by atoms with E-state index in [0.29, 0.717) is 24.7 Å². The molecule has 1 aliphatic heterocycles. The van der Waals surface area contributed by atoms with E-state index in [4.69, 9.17) is 9.47 Å². The van der Waals surface area contributed by atoms with E-state index < -0.39 is 12.2 Å². The lowest BCUT2D eigenvalue weighted by molar-refractivity contribution is 0.0320. The first-order valence-electron chi connectivity index (χ1n) is 8.53. The molecular weight excluding hydrogens is 332 g/mol. The normalized spacial score (nSPS) is 21.2. The third-order valence-corrected chi connectivity index (χ3v) is 3.93. The van der Waals surface area contributed by atoms with Crippen LogP contribution in [-0.2, 0) is 0 Å². The number of ether oxygens (including phenoxy) is 2. The highest BCUT2D eigenvalue weighted by Crippen LogP contribution is 2.18. The van der Waals surface area contributed by atoms with Crippen LogP contribution < -0.4 is 9.47 Å². The number of benzene rings is 2. The van der Waals surface area contributed by atoms with E-state index in [1.54, 1.807) is 12.4 Å². The highest BCUT2D eigenvalue weighted by molar-refractivity contribution is 5.84. The molecule has 0 fully saturated rings. The zero-order valence-electron chi connectivity index (χ0n) is 14.4. The molecule has 0 radical (unpaired) electrons. The fourth-order valence-electron chi connectivity index (χ4n) is 2.50. The van der Waals surface area contributed by atoms with Crippen LogP contribution in [-0.4, -0.2) is 61.2 Å². The van der Waals surface area contributed by atoms with Gasteiger partial charge < -0.3 is 19.7 Å². The number of aliphatic hydroxyl groups is 2. The van der Waals surface area contributed by atoms with E-state index in [0.717, 1.165) is 11.1 Å². The summed E-state index contributed by atoms with van der Waals surface area (Å²) in [6, 6.07) is 15.0. The molecule has 26 heavy (non-hydrogen) atoms. The van der Waals surface area contributed by atoms with Crippen LogP contribution >= 0.6 is 0 Å². The van der Waals surface area contributed by atoms with Crippen molar-refractivity contribution in [3.63, 3.8) is 0 Å². The van der Waals surface area contributed by atoms with Crippen LogP contribution in [0.1, 0.15) is 11.1 Å². The van der Waals surface area contributed by atoms with Gasteiger partial charge in [-0.3, -0.25) is 9.98 Å². The van der Waals surface area contributed by atoms with Crippen LogP contribution in [0, 0.1) is 0 Å². The summed E-state index contributed by atoms with van der Waals surface area (Å²) in [6.45, 7) is 0.949. The Morgan fingerprint density at radius 2 is 1.12 bits per heavy atom. The Hall–Kier alpha value is -2.70. The third-order valence-electron chi connectivity index (χ3n) is 3.93. The predicted octanol–water partition coefficient (Wildman–Crippen LogP) is 1.72. The number of aliphatic hydroxyl groups excluding tert-OH is 2. The van der Waals surface area contributed by atoms with Gasteiger partial charge in [0.05, 0.1) is 13.1 Å². The zero-order chi connectivity index (χ0) is 18.2. The van der Waals surface area contributed by atoms with Gasteiger partial charge in [0.25, 0.3) is 0 Å². The maximum Gasteiger partial charge on any atom is 0.128 e. The lowest BCUT2D eigenvalue weighted by atomic mass is 10.2. The first-order chi connectivity index (χ1) is 12.7. The highest BCUT2D eigenvalue weighted by atomic mass is 16.5. The molecule has 0 saturated heterocycles. The second-order valence-electron chi connectivity index (χ2n) is 5.90. The Morgan fingerprint density at radius 3 is 1.58 bits per heavy atom. The molecule has 0 bridgehead atoms. The molecule has 3 rings (SSSR count). The monoisotopic (exact) mass is 354 g/mol. The maximum atomic E-state index is 10.0. The van der Waals surface area contributed by atoms with Gasteiger partial charge in [0.2, 0.25) is 0 Å². The summed E-state index contributed by atoms with van der Waals surface area (Å²) in [5, 5.41) is 20.1. The third kappa shape index (κ3) is 4.91. The highest BCUT2D eigenvalue weighted by Gasteiger charge is 2.15. The van der Waals surface area contributed by atoms with Crippen LogP contribution in [0.4, 0.5) is 0 Å². The van der Waals surface area contributed by atoms with Gasteiger partial charge >= 0.3 is 0 Å². The number of nitrogens with zero attached hydrogens (tertiary/aromatic N) is 2.